The lowest BCUT2D eigenvalue weighted by atomic mass is 9.85. The summed E-state index contributed by atoms with van der Waals surface area (Å²) >= 11 is 1.53. The minimum absolute atomic E-state index is 0.213. The number of hydrogen-bond donors (Lipinski definition) is 0. The van der Waals surface area contributed by atoms with Gasteiger partial charge in [0.1, 0.15) is 5.82 Å². The molecule has 2 aliphatic heterocycles. The molecule has 132 valence electrons. The van der Waals surface area contributed by atoms with Crippen LogP contribution in [0.2, 0.25) is 0 Å². The highest BCUT2D eigenvalue weighted by Gasteiger charge is 2.30. The molecular weight excluding hydrogens is 336 g/mol. The molecule has 1 atom stereocenters. The van der Waals surface area contributed by atoms with Crippen LogP contribution in [0.4, 0.5) is 10.8 Å². The van der Waals surface area contributed by atoms with E-state index in [1.807, 2.05) is 22.0 Å². The fourth-order valence-electron chi connectivity index (χ4n) is 3.91. The van der Waals surface area contributed by atoms with Crippen LogP contribution in [0, 0.1) is 0 Å². The van der Waals surface area contributed by atoms with Crippen LogP contribution in [-0.2, 0) is 4.79 Å². The molecule has 1 saturated carbocycles. The van der Waals surface area contributed by atoms with E-state index in [0.717, 1.165) is 49.1 Å². The van der Waals surface area contributed by atoms with E-state index < -0.39 is 0 Å². The fourth-order valence-corrected chi connectivity index (χ4v) is 4.69. The normalized spacial score (nSPS) is 24.3. The number of nitrogens with zero attached hydrogens (tertiary/aromatic N) is 6. The summed E-state index contributed by atoms with van der Waals surface area (Å²) in [5.74, 6) is 1.85. The minimum atomic E-state index is 0.213. The summed E-state index contributed by atoms with van der Waals surface area (Å²) in [6.07, 6.45) is 10.3. The smallest absolute Gasteiger partial charge is 0.227 e. The van der Waals surface area contributed by atoms with Crippen LogP contribution in [0.3, 0.4) is 0 Å². The predicted octanol–water partition coefficient (Wildman–Crippen LogP) is 2.58. The Kier molecular flexibility index (Phi) is 3.73. The quantitative estimate of drug-likeness (QED) is 0.840. The molecule has 0 N–H and O–H groups in total. The molecule has 1 amide bonds. The lowest BCUT2D eigenvalue weighted by Gasteiger charge is -2.22. The van der Waals surface area contributed by atoms with Crippen molar-refractivity contribution in [1.29, 1.82) is 0 Å². The van der Waals surface area contributed by atoms with E-state index in [2.05, 4.69) is 14.4 Å². The number of rotatable bonds is 4. The molecule has 4 heterocycles. The highest BCUT2D eigenvalue weighted by atomic mass is 32.1. The fraction of sp³-hybridized carbons (Fsp3) is 0.647. The molecule has 3 aliphatic rings. The van der Waals surface area contributed by atoms with Crippen molar-refractivity contribution in [3.63, 3.8) is 0 Å². The van der Waals surface area contributed by atoms with Gasteiger partial charge in [-0.3, -0.25) is 9.48 Å². The van der Waals surface area contributed by atoms with E-state index in [-0.39, 0.29) is 5.91 Å². The molecule has 1 aliphatic carbocycles. The van der Waals surface area contributed by atoms with Gasteiger partial charge in [0.15, 0.2) is 0 Å². The van der Waals surface area contributed by atoms with Crippen molar-refractivity contribution >= 4 is 28.3 Å². The van der Waals surface area contributed by atoms with E-state index in [1.165, 1.54) is 30.8 Å². The van der Waals surface area contributed by atoms with Gasteiger partial charge in [0, 0.05) is 49.7 Å². The summed E-state index contributed by atoms with van der Waals surface area (Å²) in [4.78, 5) is 20.8. The second-order valence-corrected chi connectivity index (χ2v) is 8.01. The van der Waals surface area contributed by atoms with Crippen LogP contribution < -0.4 is 9.80 Å². The van der Waals surface area contributed by atoms with Crippen molar-refractivity contribution in [3.05, 3.63) is 18.2 Å². The lowest BCUT2D eigenvalue weighted by Crippen LogP contribution is -2.23. The number of amides is 1. The Morgan fingerprint density at radius 1 is 1.16 bits per heavy atom. The van der Waals surface area contributed by atoms with Gasteiger partial charge in [-0.25, -0.2) is 4.98 Å². The Labute approximate surface area is 150 Å². The SMILES string of the molecule is O=C1CCCN1c1cnn(C2CCN(c3nc(C4CCC4)ns3)C2)c1. The van der Waals surface area contributed by atoms with Gasteiger partial charge in [-0.05, 0) is 25.7 Å². The first-order valence-electron chi connectivity index (χ1n) is 9.21. The summed E-state index contributed by atoms with van der Waals surface area (Å²) in [5.41, 5.74) is 0.934. The minimum Gasteiger partial charge on any atom is -0.345 e. The third-order valence-electron chi connectivity index (χ3n) is 5.68. The van der Waals surface area contributed by atoms with Gasteiger partial charge in [-0.1, -0.05) is 6.42 Å². The molecule has 5 rings (SSSR count). The van der Waals surface area contributed by atoms with Crippen molar-refractivity contribution in [2.45, 2.75) is 50.5 Å². The number of anilines is 2. The average Bonchev–Trinajstić information content (AvgIpc) is 3.32. The first-order valence-corrected chi connectivity index (χ1v) is 9.98. The second-order valence-electron chi connectivity index (χ2n) is 7.28. The van der Waals surface area contributed by atoms with Crippen LogP contribution in [0.25, 0.3) is 0 Å². The van der Waals surface area contributed by atoms with Crippen LogP contribution >= 0.6 is 11.5 Å². The third-order valence-corrected chi connectivity index (χ3v) is 6.47. The zero-order valence-corrected chi connectivity index (χ0v) is 15.0. The summed E-state index contributed by atoms with van der Waals surface area (Å²) in [6.45, 7) is 2.71. The number of hydrogen-bond acceptors (Lipinski definition) is 6. The van der Waals surface area contributed by atoms with Crippen molar-refractivity contribution in [1.82, 2.24) is 19.1 Å². The topological polar surface area (TPSA) is 67.2 Å². The Morgan fingerprint density at radius 3 is 2.84 bits per heavy atom. The van der Waals surface area contributed by atoms with Gasteiger partial charge < -0.3 is 9.80 Å². The average molecular weight is 358 g/mol. The Hall–Kier alpha value is -1.96. The zero-order chi connectivity index (χ0) is 16.8. The molecule has 1 unspecified atom stereocenters. The van der Waals surface area contributed by atoms with Crippen molar-refractivity contribution in [2.75, 3.05) is 29.4 Å². The van der Waals surface area contributed by atoms with Gasteiger partial charge in [0.2, 0.25) is 11.0 Å². The zero-order valence-electron chi connectivity index (χ0n) is 14.2. The number of aromatic nitrogens is 4. The van der Waals surface area contributed by atoms with Gasteiger partial charge in [-0.2, -0.15) is 9.47 Å². The molecule has 0 spiro atoms. The molecule has 2 aromatic rings. The van der Waals surface area contributed by atoms with E-state index >= 15 is 0 Å². The predicted molar refractivity (Wildman–Crippen MR) is 96.2 cm³/mol. The van der Waals surface area contributed by atoms with Crippen molar-refractivity contribution in [3.8, 4) is 0 Å². The molecule has 0 aromatic carbocycles. The molecular formula is C17H22N6OS. The van der Waals surface area contributed by atoms with Crippen molar-refractivity contribution < 1.29 is 4.79 Å². The molecule has 8 heteroatoms. The highest BCUT2D eigenvalue weighted by Crippen LogP contribution is 2.37. The maximum absolute atomic E-state index is 11.9. The van der Waals surface area contributed by atoms with Gasteiger partial charge in [-0.15, -0.1) is 0 Å². The molecule has 2 aromatic heterocycles. The summed E-state index contributed by atoms with van der Waals surface area (Å²) in [6, 6.07) is 0.336. The van der Waals surface area contributed by atoms with Crippen LogP contribution in [-0.4, -0.2) is 44.7 Å². The van der Waals surface area contributed by atoms with Crippen LogP contribution in [0.1, 0.15) is 56.3 Å². The largest absolute Gasteiger partial charge is 0.345 e. The number of carbonyl (C=O) groups is 1. The molecule has 7 nitrogen and oxygen atoms in total. The highest BCUT2D eigenvalue weighted by molar-refractivity contribution is 7.09. The molecule has 3 fully saturated rings. The van der Waals surface area contributed by atoms with E-state index in [4.69, 9.17) is 4.98 Å². The van der Waals surface area contributed by atoms with Gasteiger partial charge >= 0.3 is 0 Å². The molecule has 25 heavy (non-hydrogen) atoms. The summed E-state index contributed by atoms with van der Waals surface area (Å²) in [7, 11) is 0. The Morgan fingerprint density at radius 2 is 2.08 bits per heavy atom. The molecule has 0 radical (unpaired) electrons. The van der Waals surface area contributed by atoms with Gasteiger partial charge in [0.25, 0.3) is 0 Å². The summed E-state index contributed by atoms with van der Waals surface area (Å²) < 4.78 is 6.59. The lowest BCUT2D eigenvalue weighted by molar-refractivity contribution is -0.117. The van der Waals surface area contributed by atoms with E-state index in [1.54, 1.807) is 0 Å². The molecule has 0 bridgehead atoms. The second kappa shape index (κ2) is 6.09. The van der Waals surface area contributed by atoms with E-state index in [9.17, 15) is 4.79 Å². The first-order chi connectivity index (χ1) is 12.3. The van der Waals surface area contributed by atoms with Crippen LogP contribution in [0.15, 0.2) is 12.4 Å². The Bertz CT molecular complexity index is 782. The standard InChI is InChI=1S/C17H22N6OS/c24-15-5-2-7-22(15)14-9-18-23(11-14)13-6-8-21(10-13)17-19-16(20-25-17)12-3-1-4-12/h9,11-13H,1-8,10H2. The third kappa shape index (κ3) is 2.72. The van der Waals surface area contributed by atoms with Crippen molar-refractivity contribution in [2.24, 2.45) is 0 Å². The monoisotopic (exact) mass is 358 g/mol. The first kappa shape index (κ1) is 15.3. The van der Waals surface area contributed by atoms with Crippen LogP contribution in [0.5, 0.6) is 0 Å². The van der Waals surface area contributed by atoms with Gasteiger partial charge in [0.05, 0.1) is 17.9 Å². The number of carbonyl (C=O) groups excluding carboxylic acids is 1. The Balaban J connectivity index is 1.27. The maximum Gasteiger partial charge on any atom is 0.227 e. The maximum atomic E-state index is 11.9. The van der Waals surface area contributed by atoms with E-state index in [0.29, 0.717) is 18.4 Å². The summed E-state index contributed by atoms with van der Waals surface area (Å²) in [5, 5.41) is 5.57. The molecule has 2 saturated heterocycles.